The molecule has 1 aromatic heterocycles. The van der Waals surface area contributed by atoms with E-state index in [4.69, 9.17) is 23.2 Å². The number of rotatable bonds is 6. The molecule has 5 nitrogen and oxygen atoms in total. The highest BCUT2D eigenvalue weighted by molar-refractivity contribution is 6.42. The average Bonchev–Trinajstić information content (AvgIpc) is 2.69. The lowest BCUT2D eigenvalue weighted by Gasteiger charge is -2.20. The number of nitrogens with zero attached hydrogens (tertiary/aromatic N) is 1. The summed E-state index contributed by atoms with van der Waals surface area (Å²) in [6.45, 7) is 0.545. The van der Waals surface area contributed by atoms with E-state index in [0.717, 1.165) is 18.4 Å². The molecule has 0 unspecified atom stereocenters. The Bertz CT molecular complexity index is 1080. The third-order valence-electron chi connectivity index (χ3n) is 4.68. The van der Waals surface area contributed by atoms with E-state index in [1.165, 1.54) is 0 Å². The lowest BCUT2D eigenvalue weighted by molar-refractivity contribution is 0.0796. The van der Waals surface area contributed by atoms with Crippen LogP contribution in [0.3, 0.4) is 0 Å². The van der Waals surface area contributed by atoms with Crippen molar-refractivity contribution < 1.29 is 4.79 Å². The van der Waals surface area contributed by atoms with E-state index in [1.807, 2.05) is 30.3 Å². The quantitative estimate of drug-likeness (QED) is 0.616. The third-order valence-corrected chi connectivity index (χ3v) is 5.41. The molecule has 0 bridgehead atoms. The first-order valence-electron chi connectivity index (χ1n) is 8.94. The van der Waals surface area contributed by atoms with Crippen LogP contribution in [0.5, 0.6) is 0 Å². The van der Waals surface area contributed by atoms with Gasteiger partial charge in [0.25, 0.3) is 11.5 Å². The van der Waals surface area contributed by atoms with Crippen LogP contribution in [0, 0.1) is 0 Å². The van der Waals surface area contributed by atoms with Gasteiger partial charge in [0.1, 0.15) is 5.69 Å². The number of aryl methyl sites for hydroxylation is 1. The maximum absolute atomic E-state index is 13.1. The van der Waals surface area contributed by atoms with Crippen LogP contribution in [0.4, 0.5) is 5.69 Å². The summed E-state index contributed by atoms with van der Waals surface area (Å²) < 4.78 is 0. The van der Waals surface area contributed by atoms with Crippen molar-refractivity contribution in [2.24, 2.45) is 0 Å². The van der Waals surface area contributed by atoms with E-state index in [2.05, 4.69) is 10.3 Å². The number of aromatic amines is 1. The number of nitrogens with one attached hydrogen (secondary N) is 2. The van der Waals surface area contributed by atoms with Gasteiger partial charge in [0.05, 0.1) is 15.6 Å². The first-order valence-corrected chi connectivity index (χ1v) is 9.70. The number of anilines is 1. The van der Waals surface area contributed by atoms with Gasteiger partial charge in [-0.2, -0.15) is 0 Å². The number of aromatic nitrogens is 1. The van der Waals surface area contributed by atoms with Crippen LogP contribution in [0.15, 0.2) is 47.3 Å². The molecule has 3 rings (SSSR count). The van der Waals surface area contributed by atoms with E-state index in [1.54, 1.807) is 31.1 Å². The van der Waals surface area contributed by atoms with Crippen LogP contribution in [0.1, 0.15) is 22.3 Å². The van der Waals surface area contributed by atoms with Crippen molar-refractivity contribution in [2.45, 2.75) is 12.8 Å². The fourth-order valence-electron chi connectivity index (χ4n) is 3.21. The van der Waals surface area contributed by atoms with Gasteiger partial charge < -0.3 is 15.2 Å². The first kappa shape index (κ1) is 20.2. The molecule has 2 N–H and O–H groups in total. The average molecular weight is 418 g/mol. The summed E-state index contributed by atoms with van der Waals surface area (Å²) in [6, 6.07) is 12.8. The number of pyridine rings is 1. The Labute approximate surface area is 173 Å². The number of fused-ring (bicyclic) bond motifs is 1. The van der Waals surface area contributed by atoms with Gasteiger partial charge in [-0.15, -0.1) is 0 Å². The minimum Gasteiger partial charge on any atom is -0.383 e. The van der Waals surface area contributed by atoms with Gasteiger partial charge in [0.2, 0.25) is 0 Å². The number of halogens is 2. The number of hydrogen-bond donors (Lipinski definition) is 2. The molecule has 0 radical (unpaired) electrons. The zero-order chi connectivity index (χ0) is 20.3. The summed E-state index contributed by atoms with van der Waals surface area (Å²) in [4.78, 5) is 29.9. The SMILES string of the molecule is CNc1c(C(=O)N(C)CCCc2ccc(Cl)c(Cl)c2)c2ccccc2[nH]c1=O. The summed E-state index contributed by atoms with van der Waals surface area (Å²) in [6.07, 6.45) is 1.53. The van der Waals surface area contributed by atoms with Gasteiger partial charge in [-0.25, -0.2) is 0 Å². The van der Waals surface area contributed by atoms with Crippen LogP contribution in [-0.4, -0.2) is 36.4 Å². The van der Waals surface area contributed by atoms with Crippen molar-refractivity contribution in [1.29, 1.82) is 0 Å². The molecule has 0 fully saturated rings. The van der Waals surface area contributed by atoms with Gasteiger partial charge in [0.15, 0.2) is 0 Å². The van der Waals surface area contributed by atoms with Gasteiger partial charge in [-0.05, 0) is 36.6 Å². The standard InChI is InChI=1S/C21H21Cl2N3O2/c1-24-19-18(14-7-3-4-8-17(14)25-20(19)27)21(28)26(2)11-5-6-13-9-10-15(22)16(23)12-13/h3-4,7-10,12,24H,5-6,11H2,1-2H3,(H,25,27). The number of carbonyl (C=O) groups excluding carboxylic acids is 1. The fraction of sp³-hybridized carbons (Fsp3) is 0.238. The lowest BCUT2D eigenvalue weighted by atomic mass is 10.1. The molecule has 0 aliphatic heterocycles. The summed E-state index contributed by atoms with van der Waals surface area (Å²) >= 11 is 12.0. The van der Waals surface area contributed by atoms with E-state index < -0.39 is 0 Å². The van der Waals surface area contributed by atoms with Gasteiger partial charge in [0, 0.05) is 31.5 Å². The number of carbonyl (C=O) groups is 1. The second-order valence-electron chi connectivity index (χ2n) is 6.58. The van der Waals surface area contributed by atoms with Crippen molar-refractivity contribution in [3.8, 4) is 0 Å². The Balaban J connectivity index is 1.79. The van der Waals surface area contributed by atoms with Crippen molar-refractivity contribution in [2.75, 3.05) is 26.0 Å². The van der Waals surface area contributed by atoms with E-state index in [9.17, 15) is 9.59 Å². The highest BCUT2D eigenvalue weighted by atomic mass is 35.5. The Morgan fingerprint density at radius 1 is 1.14 bits per heavy atom. The maximum Gasteiger partial charge on any atom is 0.272 e. The predicted molar refractivity (Wildman–Crippen MR) is 116 cm³/mol. The molecule has 0 spiro atoms. The molecule has 146 valence electrons. The number of benzene rings is 2. The molecule has 0 aliphatic rings. The molecule has 1 heterocycles. The van der Waals surface area contributed by atoms with E-state index >= 15 is 0 Å². The number of H-pyrrole nitrogens is 1. The second-order valence-corrected chi connectivity index (χ2v) is 7.39. The lowest BCUT2D eigenvalue weighted by Crippen LogP contribution is -2.30. The monoisotopic (exact) mass is 417 g/mol. The van der Waals surface area contributed by atoms with E-state index in [0.29, 0.717) is 33.1 Å². The van der Waals surface area contributed by atoms with Gasteiger partial charge >= 0.3 is 0 Å². The molecular formula is C21H21Cl2N3O2. The first-order chi connectivity index (χ1) is 13.4. The Morgan fingerprint density at radius 2 is 1.89 bits per heavy atom. The molecule has 7 heteroatoms. The number of hydrogen-bond acceptors (Lipinski definition) is 3. The summed E-state index contributed by atoms with van der Waals surface area (Å²) in [7, 11) is 3.38. The topological polar surface area (TPSA) is 65.2 Å². The Hall–Kier alpha value is -2.50. The van der Waals surface area contributed by atoms with Crippen molar-refractivity contribution in [3.63, 3.8) is 0 Å². The van der Waals surface area contributed by atoms with E-state index in [-0.39, 0.29) is 17.2 Å². The second kappa shape index (κ2) is 8.67. The van der Waals surface area contributed by atoms with Gasteiger partial charge in [-0.1, -0.05) is 47.5 Å². The van der Waals surface area contributed by atoms with Crippen molar-refractivity contribution >= 4 is 45.7 Å². The highest BCUT2D eigenvalue weighted by Crippen LogP contribution is 2.24. The zero-order valence-corrected chi connectivity index (χ0v) is 17.2. The molecule has 0 saturated heterocycles. The highest BCUT2D eigenvalue weighted by Gasteiger charge is 2.21. The van der Waals surface area contributed by atoms with Crippen molar-refractivity contribution in [1.82, 2.24) is 9.88 Å². The van der Waals surface area contributed by atoms with Crippen LogP contribution in [0.2, 0.25) is 10.0 Å². The summed E-state index contributed by atoms with van der Waals surface area (Å²) in [5, 5.41) is 4.63. The molecule has 2 aromatic carbocycles. The van der Waals surface area contributed by atoms with Crippen molar-refractivity contribution in [3.05, 3.63) is 74.0 Å². The zero-order valence-electron chi connectivity index (χ0n) is 15.7. The Kier molecular flexibility index (Phi) is 6.27. The van der Waals surface area contributed by atoms with Crippen LogP contribution in [-0.2, 0) is 6.42 Å². The minimum atomic E-state index is -0.311. The largest absolute Gasteiger partial charge is 0.383 e. The molecular weight excluding hydrogens is 397 g/mol. The van der Waals surface area contributed by atoms with Crippen LogP contribution < -0.4 is 10.9 Å². The molecule has 0 atom stereocenters. The van der Waals surface area contributed by atoms with Crippen LogP contribution in [0.25, 0.3) is 10.9 Å². The maximum atomic E-state index is 13.1. The smallest absolute Gasteiger partial charge is 0.272 e. The third kappa shape index (κ3) is 4.16. The summed E-state index contributed by atoms with van der Waals surface area (Å²) in [5.74, 6) is -0.194. The number of para-hydroxylation sites is 1. The molecule has 1 amide bonds. The van der Waals surface area contributed by atoms with Gasteiger partial charge in [-0.3, -0.25) is 9.59 Å². The van der Waals surface area contributed by atoms with Crippen LogP contribution >= 0.6 is 23.2 Å². The molecule has 0 saturated carbocycles. The minimum absolute atomic E-state index is 0.194. The molecule has 28 heavy (non-hydrogen) atoms. The normalized spacial score (nSPS) is 10.9. The summed E-state index contributed by atoms with van der Waals surface area (Å²) in [5.41, 5.74) is 2.06. The Morgan fingerprint density at radius 3 is 2.61 bits per heavy atom. The number of amides is 1. The fourth-order valence-corrected chi connectivity index (χ4v) is 3.53. The molecule has 0 aliphatic carbocycles. The molecule has 3 aromatic rings. The predicted octanol–water partition coefficient (Wildman–Crippen LogP) is 4.58.